The Bertz CT molecular complexity index is 756. The Morgan fingerprint density at radius 1 is 1.38 bits per heavy atom. The minimum Gasteiger partial charge on any atom is -0.377 e. The quantitative estimate of drug-likeness (QED) is 0.566. The van der Waals surface area contributed by atoms with Crippen molar-refractivity contribution in [3.63, 3.8) is 0 Å². The highest BCUT2D eigenvalue weighted by molar-refractivity contribution is 7.99. The summed E-state index contributed by atoms with van der Waals surface area (Å²) in [6, 6.07) is 1.71. The first-order valence-corrected chi connectivity index (χ1v) is 6.75. The van der Waals surface area contributed by atoms with E-state index in [0.29, 0.717) is 21.8 Å². The summed E-state index contributed by atoms with van der Waals surface area (Å²) in [6.07, 6.45) is 0. The van der Waals surface area contributed by atoms with Gasteiger partial charge in [-0.2, -0.15) is 4.98 Å². The molecule has 0 aliphatic carbocycles. The van der Waals surface area contributed by atoms with Crippen LogP contribution in [0.5, 0.6) is 0 Å². The average Bonchev–Trinajstić information content (AvgIpc) is 2.45. The average molecular weight is 310 g/mol. The van der Waals surface area contributed by atoms with Gasteiger partial charge in [0.15, 0.2) is 11.0 Å². The molecule has 0 fully saturated rings. The molecule has 0 aliphatic heterocycles. The van der Waals surface area contributed by atoms with Crippen LogP contribution in [-0.4, -0.2) is 38.9 Å². The predicted octanol–water partition coefficient (Wildman–Crippen LogP) is -0.402. The van der Waals surface area contributed by atoms with E-state index in [-0.39, 0.29) is 6.61 Å². The molecule has 0 spiro atoms. The van der Waals surface area contributed by atoms with E-state index < -0.39 is 11.1 Å². The fourth-order valence-corrected chi connectivity index (χ4v) is 2.31. The van der Waals surface area contributed by atoms with Crippen molar-refractivity contribution < 1.29 is 4.74 Å². The molecule has 10 heteroatoms. The third-order valence-corrected chi connectivity index (χ3v) is 3.39. The highest BCUT2D eigenvalue weighted by Gasteiger charge is 2.10. The number of rotatable bonds is 5. The van der Waals surface area contributed by atoms with E-state index in [4.69, 9.17) is 4.74 Å². The predicted molar refractivity (Wildman–Crippen MR) is 76.5 cm³/mol. The number of H-pyrrole nitrogens is 1. The van der Waals surface area contributed by atoms with Gasteiger partial charge in [-0.05, 0) is 11.8 Å². The molecule has 0 saturated carbocycles. The molecule has 0 bridgehead atoms. The maximum Gasteiger partial charge on any atom is 0.339 e. The Kier molecular flexibility index (Phi) is 4.70. The Hall–Kier alpha value is -2.20. The van der Waals surface area contributed by atoms with Crippen LogP contribution in [0.15, 0.2) is 25.8 Å². The number of nitrogens with one attached hydrogen (secondary N) is 2. The molecule has 21 heavy (non-hydrogen) atoms. The van der Waals surface area contributed by atoms with Crippen molar-refractivity contribution in [2.24, 2.45) is 7.05 Å². The fourth-order valence-electron chi connectivity index (χ4n) is 1.49. The number of aryl methyl sites for hydroxylation is 1. The Labute approximate surface area is 123 Å². The van der Waals surface area contributed by atoms with E-state index in [1.807, 2.05) is 0 Å². The van der Waals surface area contributed by atoms with Crippen molar-refractivity contribution in [2.75, 3.05) is 19.5 Å². The summed E-state index contributed by atoms with van der Waals surface area (Å²) in [6.45, 7) is 0.265. The van der Waals surface area contributed by atoms with Crippen LogP contribution in [0.25, 0.3) is 0 Å². The third kappa shape index (κ3) is 3.67. The standard InChI is InChI=1S/C11H14N6O3S/c1-12-6-4-8(14-7(13-6)5-20-3)21-11-15-9(18)10(19)16-17(11)2/h4H,5H2,1-3H3,(H,16,19)(H,12,13,14). The van der Waals surface area contributed by atoms with Crippen molar-refractivity contribution >= 4 is 17.6 Å². The van der Waals surface area contributed by atoms with Gasteiger partial charge in [-0.25, -0.2) is 9.97 Å². The molecule has 9 nitrogen and oxygen atoms in total. The zero-order chi connectivity index (χ0) is 15.4. The van der Waals surface area contributed by atoms with E-state index in [1.165, 1.54) is 4.68 Å². The smallest absolute Gasteiger partial charge is 0.339 e. The number of anilines is 1. The van der Waals surface area contributed by atoms with Gasteiger partial charge in [-0.15, -0.1) is 0 Å². The number of methoxy groups -OCH3 is 1. The van der Waals surface area contributed by atoms with Crippen LogP contribution >= 0.6 is 11.8 Å². The number of aromatic amines is 1. The molecule has 0 radical (unpaired) electrons. The minimum atomic E-state index is -0.837. The van der Waals surface area contributed by atoms with Gasteiger partial charge in [0.25, 0.3) is 0 Å². The molecule has 2 N–H and O–H groups in total. The van der Waals surface area contributed by atoms with Crippen molar-refractivity contribution in [1.29, 1.82) is 0 Å². The lowest BCUT2D eigenvalue weighted by Crippen LogP contribution is -2.33. The van der Waals surface area contributed by atoms with Crippen LogP contribution in [-0.2, 0) is 18.4 Å². The molecule has 2 aromatic heterocycles. The SMILES string of the molecule is CNc1cc(Sc2nc(=O)c(=O)[nH]n2C)nc(COC)n1. The monoisotopic (exact) mass is 310 g/mol. The van der Waals surface area contributed by atoms with Crippen molar-refractivity contribution in [3.05, 3.63) is 32.6 Å². The summed E-state index contributed by atoms with van der Waals surface area (Å²) in [5.41, 5.74) is -1.60. The molecule has 0 unspecified atom stereocenters. The Morgan fingerprint density at radius 2 is 2.14 bits per heavy atom. The highest BCUT2D eigenvalue weighted by Crippen LogP contribution is 2.24. The zero-order valence-corrected chi connectivity index (χ0v) is 12.5. The number of nitrogens with zero attached hydrogens (tertiary/aromatic N) is 4. The van der Waals surface area contributed by atoms with Crippen LogP contribution < -0.4 is 16.4 Å². The van der Waals surface area contributed by atoms with Crippen molar-refractivity contribution in [3.8, 4) is 0 Å². The van der Waals surface area contributed by atoms with E-state index >= 15 is 0 Å². The number of ether oxygens (including phenoxy) is 1. The first kappa shape index (κ1) is 15.2. The molecule has 2 aromatic rings. The van der Waals surface area contributed by atoms with Crippen LogP contribution in [0.4, 0.5) is 5.82 Å². The topological polar surface area (TPSA) is 115 Å². The van der Waals surface area contributed by atoms with Gasteiger partial charge in [0.1, 0.15) is 17.5 Å². The Morgan fingerprint density at radius 3 is 2.81 bits per heavy atom. The van der Waals surface area contributed by atoms with Gasteiger partial charge in [0.05, 0.1) is 0 Å². The molecule has 0 aliphatic rings. The molecule has 0 saturated heterocycles. The number of aromatic nitrogens is 5. The maximum absolute atomic E-state index is 11.3. The number of hydrogen-bond donors (Lipinski definition) is 2. The first-order chi connectivity index (χ1) is 10.0. The summed E-state index contributed by atoms with van der Waals surface area (Å²) in [5, 5.41) is 6.20. The summed E-state index contributed by atoms with van der Waals surface area (Å²) in [7, 11) is 4.88. The second kappa shape index (κ2) is 6.50. The molecular weight excluding hydrogens is 296 g/mol. The molecule has 2 heterocycles. The minimum absolute atomic E-state index is 0.265. The van der Waals surface area contributed by atoms with Gasteiger partial charge >= 0.3 is 11.1 Å². The van der Waals surface area contributed by atoms with Gasteiger partial charge in [0, 0.05) is 27.3 Å². The number of hydrogen-bond acceptors (Lipinski definition) is 8. The summed E-state index contributed by atoms with van der Waals surface area (Å²) in [5.74, 6) is 1.12. The largest absolute Gasteiger partial charge is 0.377 e. The molecule has 112 valence electrons. The van der Waals surface area contributed by atoms with Crippen LogP contribution in [0.1, 0.15) is 5.82 Å². The molecule has 2 rings (SSSR count). The highest BCUT2D eigenvalue weighted by atomic mass is 32.2. The lowest BCUT2D eigenvalue weighted by molar-refractivity contribution is 0.177. The third-order valence-electron chi connectivity index (χ3n) is 2.42. The normalized spacial score (nSPS) is 10.6. The second-order valence-corrected chi connectivity index (χ2v) is 4.98. The van der Waals surface area contributed by atoms with Crippen LogP contribution in [0.2, 0.25) is 0 Å². The maximum atomic E-state index is 11.3. The van der Waals surface area contributed by atoms with Gasteiger partial charge < -0.3 is 10.1 Å². The van der Waals surface area contributed by atoms with Crippen LogP contribution in [0.3, 0.4) is 0 Å². The van der Waals surface area contributed by atoms with Crippen LogP contribution in [0, 0.1) is 0 Å². The lowest BCUT2D eigenvalue weighted by Gasteiger charge is -2.08. The first-order valence-electron chi connectivity index (χ1n) is 5.93. The van der Waals surface area contributed by atoms with E-state index in [2.05, 4.69) is 25.4 Å². The fraction of sp³-hybridized carbons (Fsp3) is 0.364. The van der Waals surface area contributed by atoms with E-state index in [0.717, 1.165) is 11.8 Å². The summed E-state index contributed by atoms with van der Waals surface area (Å²) < 4.78 is 6.38. The van der Waals surface area contributed by atoms with Gasteiger partial charge in [-0.3, -0.25) is 19.4 Å². The molecular formula is C11H14N6O3S. The van der Waals surface area contributed by atoms with Crippen molar-refractivity contribution in [2.45, 2.75) is 16.8 Å². The molecule has 0 atom stereocenters. The van der Waals surface area contributed by atoms with E-state index in [1.54, 1.807) is 27.3 Å². The lowest BCUT2D eigenvalue weighted by atomic mass is 10.5. The summed E-state index contributed by atoms with van der Waals surface area (Å²) in [4.78, 5) is 34.7. The molecule has 0 amide bonds. The van der Waals surface area contributed by atoms with Gasteiger partial charge in [-0.1, -0.05) is 0 Å². The second-order valence-electron chi connectivity index (χ2n) is 3.99. The Balaban J connectivity index is 2.39. The van der Waals surface area contributed by atoms with Crippen molar-refractivity contribution in [1.82, 2.24) is 24.7 Å². The summed E-state index contributed by atoms with van der Waals surface area (Å²) >= 11 is 1.14. The van der Waals surface area contributed by atoms with E-state index in [9.17, 15) is 9.59 Å². The van der Waals surface area contributed by atoms with Gasteiger partial charge in [0.2, 0.25) is 0 Å². The zero-order valence-electron chi connectivity index (χ0n) is 11.7. The molecule has 0 aromatic carbocycles.